The van der Waals surface area contributed by atoms with Crippen molar-refractivity contribution in [3.63, 3.8) is 0 Å². The Kier molecular flexibility index (Phi) is 7.94. The number of carbonyl (C=O) groups excluding carboxylic acids is 2. The van der Waals surface area contributed by atoms with E-state index in [-0.39, 0.29) is 24.9 Å². The fraction of sp³-hybridized carbons (Fsp3) is 0.444. The number of hydrogen-bond acceptors (Lipinski definition) is 8. The van der Waals surface area contributed by atoms with Gasteiger partial charge >= 0.3 is 6.09 Å². The van der Waals surface area contributed by atoms with Crippen LogP contribution in [0.1, 0.15) is 45.6 Å². The standard InChI is InChI=1S/C27H33N7O4/c1-26(2,3)38-25(37)34(23-21-9-12-30-22(21)31-18-32-23)27(10-13-29-14-11-27)24(36)33(15-4-16-35)20-7-5-19(17-28)6-8-20/h5-9,12,18,29,35H,4,10-11,13-16H2,1-3H3,(H,30,31,32). The number of aliphatic hydroxyl groups excluding tert-OH is 1. The molecule has 2 aromatic heterocycles. The number of H-pyrrole nitrogens is 1. The van der Waals surface area contributed by atoms with E-state index in [1.165, 1.54) is 11.2 Å². The number of hydrogen-bond donors (Lipinski definition) is 3. The number of ether oxygens (including phenoxy) is 1. The lowest BCUT2D eigenvalue weighted by molar-refractivity contribution is -0.125. The molecule has 11 nitrogen and oxygen atoms in total. The molecule has 3 heterocycles. The Labute approximate surface area is 221 Å². The Hall–Kier alpha value is -4.01. The molecule has 1 aliphatic heterocycles. The molecule has 11 heteroatoms. The van der Waals surface area contributed by atoms with E-state index in [2.05, 4.69) is 26.3 Å². The summed E-state index contributed by atoms with van der Waals surface area (Å²) in [7, 11) is 0. The van der Waals surface area contributed by atoms with Crippen LogP contribution in [0.4, 0.5) is 16.3 Å². The Bertz CT molecular complexity index is 1320. The van der Waals surface area contributed by atoms with Gasteiger partial charge in [0, 0.05) is 25.0 Å². The van der Waals surface area contributed by atoms with Gasteiger partial charge in [0.1, 0.15) is 23.1 Å². The highest BCUT2D eigenvalue weighted by Gasteiger charge is 2.52. The number of rotatable bonds is 7. The summed E-state index contributed by atoms with van der Waals surface area (Å²) in [6.45, 7) is 6.42. The Morgan fingerprint density at radius 1 is 1.16 bits per heavy atom. The van der Waals surface area contributed by atoms with Crippen LogP contribution in [0.25, 0.3) is 11.0 Å². The first-order valence-electron chi connectivity index (χ1n) is 12.7. The van der Waals surface area contributed by atoms with Crippen molar-refractivity contribution in [2.45, 2.75) is 51.2 Å². The fourth-order valence-electron chi connectivity index (χ4n) is 4.73. The topological polar surface area (TPSA) is 147 Å². The van der Waals surface area contributed by atoms with Crippen LogP contribution in [0, 0.1) is 11.3 Å². The largest absolute Gasteiger partial charge is 0.443 e. The molecule has 2 amide bonds. The fourth-order valence-corrected chi connectivity index (χ4v) is 4.73. The second-order valence-corrected chi connectivity index (χ2v) is 10.2. The van der Waals surface area contributed by atoms with Crippen LogP contribution >= 0.6 is 0 Å². The van der Waals surface area contributed by atoms with Crippen LogP contribution in [0.2, 0.25) is 0 Å². The van der Waals surface area contributed by atoms with E-state index >= 15 is 0 Å². The van der Waals surface area contributed by atoms with Crippen molar-refractivity contribution in [2.75, 3.05) is 36.0 Å². The van der Waals surface area contributed by atoms with Gasteiger partial charge in [0.2, 0.25) is 0 Å². The predicted octanol–water partition coefficient (Wildman–Crippen LogP) is 3.11. The van der Waals surface area contributed by atoms with Gasteiger partial charge in [-0.3, -0.25) is 4.79 Å². The summed E-state index contributed by atoms with van der Waals surface area (Å²) in [5.41, 5.74) is -0.593. The molecule has 38 heavy (non-hydrogen) atoms. The first-order chi connectivity index (χ1) is 18.2. The van der Waals surface area contributed by atoms with Crippen LogP contribution in [-0.2, 0) is 9.53 Å². The molecular weight excluding hydrogens is 486 g/mol. The Morgan fingerprint density at radius 3 is 2.50 bits per heavy atom. The van der Waals surface area contributed by atoms with Crippen LogP contribution in [0.15, 0.2) is 42.9 Å². The minimum atomic E-state index is -1.34. The minimum absolute atomic E-state index is 0.111. The van der Waals surface area contributed by atoms with E-state index in [0.29, 0.717) is 54.6 Å². The van der Waals surface area contributed by atoms with Crippen molar-refractivity contribution < 1.29 is 19.4 Å². The number of nitriles is 1. The lowest BCUT2D eigenvalue weighted by Crippen LogP contribution is -2.66. The number of aromatic nitrogens is 3. The molecule has 0 radical (unpaired) electrons. The SMILES string of the molecule is CC(C)(C)OC(=O)N(c1ncnc2[nH]ccc12)C1(C(=O)N(CCCO)c2ccc(C#N)cc2)CCNCC1. The number of benzene rings is 1. The third-order valence-electron chi connectivity index (χ3n) is 6.47. The molecule has 1 fully saturated rings. The van der Waals surface area contributed by atoms with Crippen molar-refractivity contribution in [3.05, 3.63) is 48.4 Å². The summed E-state index contributed by atoms with van der Waals surface area (Å²) in [4.78, 5) is 43.4. The van der Waals surface area contributed by atoms with Gasteiger partial charge in [0.05, 0.1) is 17.0 Å². The maximum absolute atomic E-state index is 14.7. The zero-order valence-corrected chi connectivity index (χ0v) is 21.9. The summed E-state index contributed by atoms with van der Waals surface area (Å²) in [5, 5.41) is 22.7. The zero-order chi connectivity index (χ0) is 27.3. The molecule has 0 unspecified atom stereocenters. The number of aliphatic hydroxyl groups is 1. The molecule has 0 saturated carbocycles. The maximum Gasteiger partial charge on any atom is 0.417 e. The van der Waals surface area contributed by atoms with E-state index in [1.807, 2.05) is 0 Å². The molecule has 3 aromatic rings. The molecule has 1 aliphatic rings. The van der Waals surface area contributed by atoms with Crippen molar-refractivity contribution in [1.29, 1.82) is 5.26 Å². The monoisotopic (exact) mass is 519 g/mol. The average Bonchev–Trinajstić information content (AvgIpc) is 3.39. The van der Waals surface area contributed by atoms with Gasteiger partial charge in [-0.05, 0) is 83.5 Å². The van der Waals surface area contributed by atoms with Crippen molar-refractivity contribution in [3.8, 4) is 6.07 Å². The van der Waals surface area contributed by atoms with E-state index in [1.54, 1.807) is 62.2 Å². The number of amides is 2. The number of nitrogens with one attached hydrogen (secondary N) is 2. The van der Waals surface area contributed by atoms with Crippen LogP contribution in [-0.4, -0.2) is 69.4 Å². The van der Waals surface area contributed by atoms with Crippen LogP contribution < -0.4 is 15.1 Å². The number of anilines is 2. The van der Waals surface area contributed by atoms with Gasteiger partial charge in [-0.25, -0.2) is 19.7 Å². The summed E-state index contributed by atoms with van der Waals surface area (Å²) >= 11 is 0. The first kappa shape index (κ1) is 27.0. The number of aromatic amines is 1. The van der Waals surface area contributed by atoms with Crippen molar-refractivity contribution in [2.24, 2.45) is 0 Å². The van der Waals surface area contributed by atoms with Gasteiger partial charge in [-0.15, -0.1) is 0 Å². The minimum Gasteiger partial charge on any atom is -0.443 e. The molecule has 4 rings (SSSR count). The summed E-state index contributed by atoms with van der Waals surface area (Å²) in [5.74, 6) is -0.0343. The molecule has 0 aliphatic carbocycles. The molecule has 3 N–H and O–H groups in total. The van der Waals surface area contributed by atoms with Crippen LogP contribution in [0.5, 0.6) is 0 Å². The summed E-state index contributed by atoms with van der Waals surface area (Å²) in [6, 6.07) is 10.5. The normalized spacial score (nSPS) is 15.0. The van der Waals surface area contributed by atoms with Gasteiger partial charge in [0.15, 0.2) is 5.82 Å². The molecule has 1 saturated heterocycles. The lowest BCUT2D eigenvalue weighted by atomic mass is 9.84. The molecule has 0 spiro atoms. The summed E-state index contributed by atoms with van der Waals surface area (Å²) < 4.78 is 5.85. The molecule has 200 valence electrons. The molecule has 0 bridgehead atoms. The average molecular weight is 520 g/mol. The lowest BCUT2D eigenvalue weighted by Gasteiger charge is -2.46. The van der Waals surface area contributed by atoms with Crippen molar-refractivity contribution in [1.82, 2.24) is 20.3 Å². The highest BCUT2D eigenvalue weighted by atomic mass is 16.6. The van der Waals surface area contributed by atoms with E-state index < -0.39 is 17.2 Å². The van der Waals surface area contributed by atoms with Crippen LogP contribution in [0.3, 0.4) is 0 Å². The number of piperidine rings is 1. The second-order valence-electron chi connectivity index (χ2n) is 10.2. The Balaban J connectivity index is 1.89. The summed E-state index contributed by atoms with van der Waals surface area (Å²) in [6.07, 6.45) is 3.34. The molecular formula is C27H33N7O4. The zero-order valence-electron chi connectivity index (χ0n) is 21.9. The van der Waals surface area contributed by atoms with E-state index in [0.717, 1.165) is 0 Å². The molecule has 0 atom stereocenters. The number of fused-ring (bicyclic) bond motifs is 1. The predicted molar refractivity (Wildman–Crippen MR) is 143 cm³/mol. The Morgan fingerprint density at radius 2 is 1.87 bits per heavy atom. The van der Waals surface area contributed by atoms with Gasteiger partial charge in [-0.2, -0.15) is 5.26 Å². The smallest absolute Gasteiger partial charge is 0.417 e. The quantitative estimate of drug-likeness (QED) is 0.431. The van der Waals surface area contributed by atoms with Gasteiger partial charge < -0.3 is 25.0 Å². The number of carbonyl (C=O) groups is 2. The second kappa shape index (κ2) is 11.2. The first-order valence-corrected chi connectivity index (χ1v) is 12.7. The van der Waals surface area contributed by atoms with Gasteiger partial charge in [0.25, 0.3) is 5.91 Å². The van der Waals surface area contributed by atoms with Crippen molar-refractivity contribution >= 4 is 34.5 Å². The van der Waals surface area contributed by atoms with Gasteiger partial charge in [-0.1, -0.05) is 0 Å². The number of nitrogens with zero attached hydrogens (tertiary/aromatic N) is 5. The van der Waals surface area contributed by atoms with E-state index in [4.69, 9.17) is 4.74 Å². The molecule has 1 aromatic carbocycles. The third kappa shape index (κ3) is 5.46. The highest BCUT2D eigenvalue weighted by Crippen LogP contribution is 2.38. The van der Waals surface area contributed by atoms with E-state index in [9.17, 15) is 20.0 Å². The third-order valence-corrected chi connectivity index (χ3v) is 6.47. The maximum atomic E-state index is 14.7. The highest BCUT2D eigenvalue weighted by molar-refractivity contribution is 6.10.